The number of rotatable bonds is 11. The number of hydrogen-bond donors (Lipinski definition) is 2. The molecule has 38 heavy (non-hydrogen) atoms. The van der Waals surface area contributed by atoms with Gasteiger partial charge >= 0.3 is 0 Å². The molecule has 0 saturated carbocycles. The molecule has 0 radical (unpaired) electrons. The minimum absolute atomic E-state index is 0.127. The lowest BCUT2D eigenvalue weighted by atomic mass is 10.1. The largest absolute Gasteiger partial charge is 0.492 e. The second-order valence-electron chi connectivity index (χ2n) is 8.29. The number of amides is 1. The van der Waals surface area contributed by atoms with Crippen LogP contribution >= 0.6 is 23.4 Å². The lowest BCUT2D eigenvalue weighted by Crippen LogP contribution is -2.45. The summed E-state index contributed by atoms with van der Waals surface area (Å²) < 4.78 is 35.1. The Bertz CT molecular complexity index is 1480. The summed E-state index contributed by atoms with van der Waals surface area (Å²) in [4.78, 5) is 15.3. The molecule has 4 aromatic rings. The molecule has 0 aliphatic carbocycles. The summed E-state index contributed by atoms with van der Waals surface area (Å²) in [5.74, 6) is -0.327. The fourth-order valence-corrected chi connectivity index (χ4v) is 6.27. The lowest BCUT2D eigenvalue weighted by molar-refractivity contribution is -0.117. The number of nitrogens with one attached hydrogen (secondary N) is 2. The Morgan fingerprint density at radius 2 is 1.58 bits per heavy atom. The van der Waals surface area contributed by atoms with Gasteiger partial charge in [0.1, 0.15) is 16.7 Å². The van der Waals surface area contributed by atoms with E-state index in [1.165, 1.54) is 23.9 Å². The fourth-order valence-electron chi connectivity index (χ4n) is 3.75. The standard InChI is InChI=1S/C29H27ClN2O4S2/c1-2-36-26-18-17-22(30)20-28(26)38(34,35)32-25(19-21-11-5-3-6-12-21)29(33)31-24-15-9-10-16-27(24)37-23-13-7-4-8-14-23/h3-18,20,25,32H,2,19H2,1H3,(H,31,33). The van der Waals surface area contributed by atoms with Crippen LogP contribution in [0.3, 0.4) is 0 Å². The van der Waals surface area contributed by atoms with Gasteiger partial charge in [-0.15, -0.1) is 0 Å². The molecule has 196 valence electrons. The van der Waals surface area contributed by atoms with Crippen molar-refractivity contribution in [2.75, 3.05) is 11.9 Å². The van der Waals surface area contributed by atoms with Crippen LogP contribution in [-0.2, 0) is 21.2 Å². The van der Waals surface area contributed by atoms with Gasteiger partial charge < -0.3 is 10.1 Å². The molecule has 0 heterocycles. The zero-order chi connectivity index (χ0) is 27.0. The van der Waals surface area contributed by atoms with Crippen molar-refractivity contribution in [2.45, 2.75) is 34.1 Å². The fraction of sp³-hybridized carbons (Fsp3) is 0.138. The molecule has 0 aliphatic rings. The van der Waals surface area contributed by atoms with E-state index in [4.69, 9.17) is 16.3 Å². The molecule has 4 rings (SSSR count). The van der Waals surface area contributed by atoms with Gasteiger partial charge in [-0.1, -0.05) is 84.0 Å². The molecule has 0 saturated heterocycles. The Kier molecular flexibility index (Phi) is 9.47. The van der Waals surface area contributed by atoms with Crippen molar-refractivity contribution in [1.29, 1.82) is 0 Å². The minimum Gasteiger partial charge on any atom is -0.492 e. The van der Waals surface area contributed by atoms with Crippen LogP contribution in [0.1, 0.15) is 12.5 Å². The van der Waals surface area contributed by atoms with E-state index in [-0.39, 0.29) is 28.7 Å². The van der Waals surface area contributed by atoms with Crippen LogP contribution in [0.2, 0.25) is 5.02 Å². The van der Waals surface area contributed by atoms with E-state index in [2.05, 4.69) is 10.0 Å². The van der Waals surface area contributed by atoms with E-state index in [9.17, 15) is 13.2 Å². The number of sulfonamides is 1. The summed E-state index contributed by atoms with van der Waals surface area (Å²) >= 11 is 7.62. The first-order valence-corrected chi connectivity index (χ1v) is 14.6. The average molecular weight is 567 g/mol. The maximum Gasteiger partial charge on any atom is 0.245 e. The van der Waals surface area contributed by atoms with E-state index in [0.29, 0.717) is 5.69 Å². The van der Waals surface area contributed by atoms with Crippen LogP contribution in [0, 0.1) is 0 Å². The molecule has 6 nitrogen and oxygen atoms in total. The van der Waals surface area contributed by atoms with E-state index in [0.717, 1.165) is 15.4 Å². The van der Waals surface area contributed by atoms with E-state index >= 15 is 0 Å². The van der Waals surface area contributed by atoms with Gasteiger partial charge in [0.2, 0.25) is 15.9 Å². The van der Waals surface area contributed by atoms with Crippen LogP contribution in [-0.4, -0.2) is 27.0 Å². The van der Waals surface area contributed by atoms with Gasteiger partial charge in [-0.05, 0) is 61.4 Å². The molecule has 2 N–H and O–H groups in total. The Morgan fingerprint density at radius 3 is 2.29 bits per heavy atom. The number of benzene rings is 4. The molecule has 0 aromatic heterocycles. The van der Waals surface area contributed by atoms with Gasteiger partial charge in [0, 0.05) is 14.8 Å². The van der Waals surface area contributed by atoms with Gasteiger partial charge in [0.05, 0.1) is 12.3 Å². The summed E-state index contributed by atoms with van der Waals surface area (Å²) in [6, 6.07) is 29.7. The second-order valence-corrected chi connectivity index (χ2v) is 11.5. The van der Waals surface area contributed by atoms with E-state index in [1.54, 1.807) is 19.1 Å². The number of para-hydroxylation sites is 1. The Morgan fingerprint density at radius 1 is 0.921 bits per heavy atom. The Labute approximate surface area is 232 Å². The maximum atomic E-state index is 13.6. The first-order chi connectivity index (χ1) is 18.4. The molecule has 4 aromatic carbocycles. The van der Waals surface area contributed by atoms with Gasteiger partial charge in [-0.25, -0.2) is 8.42 Å². The minimum atomic E-state index is -4.18. The first-order valence-electron chi connectivity index (χ1n) is 12.0. The molecule has 9 heteroatoms. The smallest absolute Gasteiger partial charge is 0.245 e. The van der Waals surface area contributed by atoms with Gasteiger partial charge in [0.25, 0.3) is 0 Å². The lowest BCUT2D eigenvalue weighted by Gasteiger charge is -2.21. The molecular weight excluding hydrogens is 540 g/mol. The number of carbonyl (C=O) groups excluding carboxylic acids is 1. The second kappa shape index (κ2) is 13.0. The first kappa shape index (κ1) is 27.7. The van der Waals surface area contributed by atoms with Crippen LogP contribution in [0.5, 0.6) is 5.75 Å². The van der Waals surface area contributed by atoms with E-state index < -0.39 is 22.0 Å². The van der Waals surface area contributed by atoms with Crippen LogP contribution in [0.25, 0.3) is 0 Å². The summed E-state index contributed by atoms with van der Waals surface area (Å²) in [6.07, 6.45) is 0.143. The van der Waals surface area contributed by atoms with Gasteiger partial charge in [-0.2, -0.15) is 4.72 Å². The van der Waals surface area contributed by atoms with Crippen LogP contribution < -0.4 is 14.8 Å². The SMILES string of the molecule is CCOc1ccc(Cl)cc1S(=O)(=O)NC(Cc1ccccc1)C(=O)Nc1ccccc1Sc1ccccc1. The molecular formula is C29H27ClN2O4S2. The number of hydrogen-bond acceptors (Lipinski definition) is 5. The monoisotopic (exact) mass is 566 g/mol. The van der Waals surface area contributed by atoms with Crippen molar-refractivity contribution in [2.24, 2.45) is 0 Å². The predicted molar refractivity (Wildman–Crippen MR) is 153 cm³/mol. The van der Waals surface area contributed by atoms with Gasteiger partial charge in [0.15, 0.2) is 0 Å². The third-order valence-electron chi connectivity index (χ3n) is 5.51. The third-order valence-corrected chi connectivity index (χ3v) is 8.32. The highest BCUT2D eigenvalue weighted by Crippen LogP contribution is 2.33. The number of carbonyl (C=O) groups is 1. The van der Waals surface area contributed by atoms with Crippen molar-refractivity contribution in [3.8, 4) is 5.75 Å². The molecule has 1 atom stereocenters. The van der Waals surface area contributed by atoms with Crippen molar-refractivity contribution >= 4 is 45.0 Å². The van der Waals surface area contributed by atoms with Crippen molar-refractivity contribution < 1.29 is 17.9 Å². The van der Waals surface area contributed by atoms with Crippen molar-refractivity contribution in [1.82, 2.24) is 4.72 Å². The number of ether oxygens (including phenoxy) is 1. The molecule has 1 amide bonds. The average Bonchev–Trinajstić information content (AvgIpc) is 2.91. The molecule has 0 bridgehead atoms. The molecule has 0 fully saturated rings. The molecule has 0 aliphatic heterocycles. The quantitative estimate of drug-likeness (QED) is 0.219. The van der Waals surface area contributed by atoms with Crippen LogP contribution in [0.15, 0.2) is 118 Å². The summed E-state index contributed by atoms with van der Waals surface area (Å²) in [7, 11) is -4.18. The third kappa shape index (κ3) is 7.39. The summed E-state index contributed by atoms with van der Waals surface area (Å²) in [6.45, 7) is 2.03. The van der Waals surface area contributed by atoms with Crippen molar-refractivity contribution in [3.05, 3.63) is 114 Å². The highest BCUT2D eigenvalue weighted by Gasteiger charge is 2.29. The maximum absolute atomic E-state index is 13.6. The topological polar surface area (TPSA) is 84.5 Å². The van der Waals surface area contributed by atoms with Crippen molar-refractivity contribution in [3.63, 3.8) is 0 Å². The van der Waals surface area contributed by atoms with E-state index in [1.807, 2.05) is 78.9 Å². The summed E-state index contributed by atoms with van der Waals surface area (Å²) in [5.41, 5.74) is 1.39. The predicted octanol–water partition coefficient (Wildman–Crippen LogP) is 6.42. The molecule has 0 spiro atoms. The normalized spacial score (nSPS) is 12.1. The Balaban J connectivity index is 1.63. The zero-order valence-electron chi connectivity index (χ0n) is 20.6. The Hall–Kier alpha value is -3.30. The number of halogens is 1. The zero-order valence-corrected chi connectivity index (χ0v) is 23.0. The highest BCUT2D eigenvalue weighted by molar-refractivity contribution is 7.99. The molecule has 1 unspecified atom stereocenters. The summed E-state index contributed by atoms with van der Waals surface area (Å²) in [5, 5.41) is 3.17. The highest BCUT2D eigenvalue weighted by atomic mass is 35.5. The van der Waals surface area contributed by atoms with Crippen LogP contribution in [0.4, 0.5) is 5.69 Å². The number of anilines is 1. The van der Waals surface area contributed by atoms with Gasteiger partial charge in [-0.3, -0.25) is 4.79 Å².